The van der Waals surface area contributed by atoms with Crippen molar-refractivity contribution in [2.45, 2.75) is 25.0 Å². The molecule has 0 saturated carbocycles. The lowest BCUT2D eigenvalue weighted by Crippen LogP contribution is -2.26. The highest BCUT2D eigenvalue weighted by molar-refractivity contribution is 7.99. The maximum atomic E-state index is 12.7. The molecular weight excluding hydrogens is 324 g/mol. The van der Waals surface area contributed by atoms with Gasteiger partial charge in [0.15, 0.2) is 5.16 Å². The predicted molar refractivity (Wildman–Crippen MR) is 84.8 cm³/mol. The van der Waals surface area contributed by atoms with Crippen molar-refractivity contribution in [3.8, 4) is 5.88 Å². The van der Waals surface area contributed by atoms with Gasteiger partial charge in [0.25, 0.3) is 5.56 Å². The maximum Gasteiger partial charge on any atom is 0.309 e. The van der Waals surface area contributed by atoms with Crippen LogP contribution in [-0.2, 0) is 17.8 Å². The first-order chi connectivity index (χ1) is 10.6. The molecule has 0 aliphatic carbocycles. The standard InChI is InChI=1S/C15H13ClN2O3S/c1-9(19)21-13-11(8-10-4-2-3-5-12(10)16)14(20)18-6-7-22-15(18)17-13/h2-5H,6-8H2,1H3. The Kier molecular flexibility index (Phi) is 4.22. The van der Waals surface area contributed by atoms with Gasteiger partial charge in [-0.1, -0.05) is 41.6 Å². The summed E-state index contributed by atoms with van der Waals surface area (Å²) in [5.41, 5.74) is 0.975. The van der Waals surface area contributed by atoms with E-state index in [0.29, 0.717) is 22.3 Å². The number of esters is 1. The zero-order valence-corrected chi connectivity index (χ0v) is 13.4. The van der Waals surface area contributed by atoms with E-state index in [4.69, 9.17) is 16.3 Å². The molecule has 2 aromatic rings. The number of hydrogen-bond acceptors (Lipinski definition) is 5. The monoisotopic (exact) mass is 336 g/mol. The minimum Gasteiger partial charge on any atom is -0.407 e. The van der Waals surface area contributed by atoms with Crippen molar-refractivity contribution < 1.29 is 9.53 Å². The molecule has 0 atom stereocenters. The molecule has 22 heavy (non-hydrogen) atoms. The number of halogens is 1. The van der Waals surface area contributed by atoms with Crippen molar-refractivity contribution in [2.24, 2.45) is 0 Å². The number of hydrogen-bond donors (Lipinski definition) is 0. The molecule has 114 valence electrons. The average Bonchev–Trinajstić information content (AvgIpc) is 2.93. The summed E-state index contributed by atoms with van der Waals surface area (Å²) in [6, 6.07) is 7.27. The predicted octanol–water partition coefficient (Wildman–Crippen LogP) is 2.52. The highest BCUT2D eigenvalue weighted by Gasteiger charge is 2.23. The summed E-state index contributed by atoms with van der Waals surface area (Å²) >= 11 is 7.64. The second-order valence-electron chi connectivity index (χ2n) is 4.85. The summed E-state index contributed by atoms with van der Waals surface area (Å²) in [6.07, 6.45) is 0.277. The fraction of sp³-hybridized carbons (Fsp3) is 0.267. The van der Waals surface area contributed by atoms with Gasteiger partial charge in [0.05, 0.1) is 5.56 Å². The van der Waals surface area contributed by atoms with Crippen LogP contribution in [0.25, 0.3) is 0 Å². The fourth-order valence-electron chi connectivity index (χ4n) is 2.30. The van der Waals surface area contributed by atoms with Gasteiger partial charge >= 0.3 is 5.97 Å². The van der Waals surface area contributed by atoms with Crippen molar-refractivity contribution >= 4 is 29.3 Å². The number of rotatable bonds is 3. The second kappa shape index (κ2) is 6.14. The third-order valence-corrected chi connectivity index (χ3v) is 4.63. The van der Waals surface area contributed by atoms with Crippen LogP contribution in [0.3, 0.4) is 0 Å². The Morgan fingerprint density at radius 3 is 2.95 bits per heavy atom. The minimum absolute atomic E-state index is 0.0815. The molecule has 1 aliphatic heterocycles. The van der Waals surface area contributed by atoms with E-state index >= 15 is 0 Å². The minimum atomic E-state index is -0.500. The molecule has 0 radical (unpaired) electrons. The molecule has 1 aromatic heterocycles. The van der Waals surface area contributed by atoms with E-state index in [1.54, 1.807) is 10.6 Å². The Balaban J connectivity index is 2.10. The third-order valence-electron chi connectivity index (χ3n) is 3.30. The number of nitrogens with zero attached hydrogens (tertiary/aromatic N) is 2. The van der Waals surface area contributed by atoms with E-state index in [-0.39, 0.29) is 17.9 Å². The number of fused-ring (bicyclic) bond motifs is 1. The number of aromatic nitrogens is 2. The molecular formula is C15H13ClN2O3S. The Hall–Kier alpha value is -1.79. The second-order valence-corrected chi connectivity index (χ2v) is 6.31. The number of ether oxygens (including phenoxy) is 1. The average molecular weight is 337 g/mol. The van der Waals surface area contributed by atoms with Gasteiger partial charge < -0.3 is 4.74 Å². The molecule has 1 aromatic carbocycles. The molecule has 0 saturated heterocycles. The van der Waals surface area contributed by atoms with Gasteiger partial charge in [0.2, 0.25) is 5.88 Å². The molecule has 0 spiro atoms. The van der Waals surface area contributed by atoms with Crippen LogP contribution < -0.4 is 10.3 Å². The first kappa shape index (κ1) is 15.1. The van der Waals surface area contributed by atoms with Crippen molar-refractivity contribution in [3.05, 3.63) is 50.8 Å². The molecule has 0 fully saturated rings. The topological polar surface area (TPSA) is 61.2 Å². The van der Waals surface area contributed by atoms with Crippen LogP contribution in [0.5, 0.6) is 5.88 Å². The lowest BCUT2D eigenvalue weighted by atomic mass is 10.1. The summed E-state index contributed by atoms with van der Waals surface area (Å²) in [5.74, 6) is 0.371. The Morgan fingerprint density at radius 2 is 2.23 bits per heavy atom. The first-order valence-electron chi connectivity index (χ1n) is 6.74. The van der Waals surface area contributed by atoms with Gasteiger partial charge in [-0.2, -0.15) is 4.98 Å². The molecule has 7 heteroatoms. The van der Waals surface area contributed by atoms with E-state index in [0.717, 1.165) is 11.3 Å². The van der Waals surface area contributed by atoms with Crippen molar-refractivity contribution in [1.82, 2.24) is 9.55 Å². The lowest BCUT2D eigenvalue weighted by molar-refractivity contribution is -0.132. The van der Waals surface area contributed by atoms with E-state index in [9.17, 15) is 9.59 Å². The summed E-state index contributed by atoms with van der Waals surface area (Å²) in [6.45, 7) is 1.90. The van der Waals surface area contributed by atoms with Gasteiger partial charge in [-0.25, -0.2) is 0 Å². The van der Waals surface area contributed by atoms with Crippen molar-refractivity contribution in [3.63, 3.8) is 0 Å². The van der Waals surface area contributed by atoms with Crippen molar-refractivity contribution in [2.75, 3.05) is 5.75 Å². The highest BCUT2D eigenvalue weighted by Crippen LogP contribution is 2.27. The van der Waals surface area contributed by atoms with Gasteiger partial charge in [0, 0.05) is 30.7 Å². The molecule has 0 N–H and O–H groups in total. The molecule has 1 aliphatic rings. The zero-order valence-electron chi connectivity index (χ0n) is 11.8. The fourth-order valence-corrected chi connectivity index (χ4v) is 3.43. The quantitative estimate of drug-likeness (QED) is 0.636. The maximum absolute atomic E-state index is 12.7. The van der Waals surface area contributed by atoms with Crippen LogP contribution in [0.1, 0.15) is 18.1 Å². The van der Waals surface area contributed by atoms with Gasteiger partial charge in [0.1, 0.15) is 0 Å². The van der Waals surface area contributed by atoms with Crippen molar-refractivity contribution in [1.29, 1.82) is 0 Å². The number of thioether (sulfide) groups is 1. The summed E-state index contributed by atoms with van der Waals surface area (Å²) < 4.78 is 6.76. The van der Waals surface area contributed by atoms with Gasteiger partial charge in [-0.3, -0.25) is 14.2 Å². The molecule has 0 unspecified atom stereocenters. The molecule has 0 bridgehead atoms. The lowest BCUT2D eigenvalue weighted by Gasteiger charge is -2.11. The third kappa shape index (κ3) is 2.89. The van der Waals surface area contributed by atoms with Crippen LogP contribution in [0.4, 0.5) is 0 Å². The van der Waals surface area contributed by atoms with Gasteiger partial charge in [-0.15, -0.1) is 0 Å². The molecule has 3 rings (SSSR count). The first-order valence-corrected chi connectivity index (χ1v) is 8.11. The van der Waals surface area contributed by atoms with E-state index < -0.39 is 5.97 Å². The summed E-state index contributed by atoms with van der Waals surface area (Å²) in [7, 11) is 0. The van der Waals surface area contributed by atoms with Crippen LogP contribution in [-0.4, -0.2) is 21.3 Å². The number of benzene rings is 1. The Labute approximate surface area is 136 Å². The van der Waals surface area contributed by atoms with Gasteiger partial charge in [-0.05, 0) is 11.6 Å². The molecule has 0 amide bonds. The largest absolute Gasteiger partial charge is 0.407 e. The van der Waals surface area contributed by atoms with E-state index in [1.165, 1.54) is 18.7 Å². The number of carbonyl (C=O) groups excluding carboxylic acids is 1. The van der Waals surface area contributed by atoms with Crippen LogP contribution >= 0.6 is 23.4 Å². The molecule has 5 nitrogen and oxygen atoms in total. The smallest absolute Gasteiger partial charge is 0.309 e. The van der Waals surface area contributed by atoms with E-state index in [1.807, 2.05) is 18.2 Å². The van der Waals surface area contributed by atoms with Crippen LogP contribution in [0, 0.1) is 0 Å². The van der Waals surface area contributed by atoms with Crippen LogP contribution in [0.2, 0.25) is 5.02 Å². The highest BCUT2D eigenvalue weighted by atomic mass is 35.5. The normalized spacial score (nSPS) is 13.0. The summed E-state index contributed by atoms with van der Waals surface area (Å²) in [4.78, 5) is 28.3. The molecule has 2 heterocycles. The Bertz CT molecular complexity index is 804. The number of carbonyl (C=O) groups is 1. The SMILES string of the molecule is CC(=O)Oc1nc2n(c(=O)c1Cc1ccccc1Cl)CCS2. The van der Waals surface area contributed by atoms with E-state index in [2.05, 4.69) is 4.98 Å². The zero-order chi connectivity index (χ0) is 15.7. The van der Waals surface area contributed by atoms with Crippen LogP contribution in [0.15, 0.2) is 34.2 Å². The summed E-state index contributed by atoms with van der Waals surface area (Å²) in [5, 5.41) is 1.15. The Morgan fingerprint density at radius 1 is 1.45 bits per heavy atom.